The summed E-state index contributed by atoms with van der Waals surface area (Å²) in [6.07, 6.45) is 0.211. The smallest absolute Gasteiger partial charge is 0.276 e. The topological polar surface area (TPSA) is 93.9 Å². The molecule has 0 radical (unpaired) electrons. The number of methoxy groups -OCH3 is 2. The Balaban J connectivity index is 2.06. The molecule has 1 N–H and O–H groups in total. The number of rotatable bonds is 11. The molecule has 29 heavy (non-hydrogen) atoms. The van der Waals surface area contributed by atoms with Crippen LogP contribution in [-0.2, 0) is 9.53 Å². The molecular formula is C21H29N3O5. The normalized spacial score (nSPS) is 10.8. The molecule has 0 unspecified atom stereocenters. The highest BCUT2D eigenvalue weighted by Crippen LogP contribution is 2.25. The van der Waals surface area contributed by atoms with Gasteiger partial charge in [-0.1, -0.05) is 31.1 Å². The van der Waals surface area contributed by atoms with E-state index < -0.39 is 0 Å². The molecule has 8 nitrogen and oxygen atoms in total. The second kappa shape index (κ2) is 11.2. The molecule has 0 aliphatic carbocycles. The molecule has 8 heteroatoms. The second-order valence-corrected chi connectivity index (χ2v) is 7.05. The van der Waals surface area contributed by atoms with Crippen molar-refractivity contribution < 1.29 is 23.6 Å². The molecule has 158 valence electrons. The highest BCUT2D eigenvalue weighted by atomic mass is 16.5. The first-order valence-corrected chi connectivity index (χ1v) is 9.60. The summed E-state index contributed by atoms with van der Waals surface area (Å²) in [6.45, 7) is 5.75. The maximum Gasteiger partial charge on any atom is 0.276 e. The molecule has 0 saturated carbocycles. The fraction of sp³-hybridized carbons (Fsp3) is 0.476. The summed E-state index contributed by atoms with van der Waals surface area (Å²) in [4.78, 5) is 26.5. The number of hydrogen-bond donors (Lipinski definition) is 1. The van der Waals surface area contributed by atoms with Gasteiger partial charge in [0.05, 0.1) is 13.7 Å². The van der Waals surface area contributed by atoms with Gasteiger partial charge >= 0.3 is 0 Å². The van der Waals surface area contributed by atoms with Crippen molar-refractivity contribution in [1.82, 2.24) is 15.4 Å². The van der Waals surface area contributed by atoms with Gasteiger partial charge in [-0.25, -0.2) is 0 Å². The van der Waals surface area contributed by atoms with Crippen LogP contribution in [0.1, 0.15) is 30.8 Å². The van der Waals surface area contributed by atoms with Gasteiger partial charge in [0.15, 0.2) is 11.5 Å². The highest BCUT2D eigenvalue weighted by Gasteiger charge is 2.22. The molecule has 0 bridgehead atoms. The minimum atomic E-state index is -0.263. The third-order valence-corrected chi connectivity index (χ3v) is 4.19. The summed E-state index contributed by atoms with van der Waals surface area (Å²) in [5.41, 5.74) is 0.979. The Kier molecular flexibility index (Phi) is 8.67. The van der Waals surface area contributed by atoms with Gasteiger partial charge in [-0.15, -0.1) is 0 Å². The van der Waals surface area contributed by atoms with Gasteiger partial charge in [-0.05, 0) is 18.1 Å². The Hall–Kier alpha value is -2.87. The summed E-state index contributed by atoms with van der Waals surface area (Å²) in [5, 5.41) is 6.70. The lowest BCUT2D eigenvalue weighted by atomic mass is 10.1. The maximum absolute atomic E-state index is 12.9. The molecule has 0 aliphatic rings. The van der Waals surface area contributed by atoms with Crippen LogP contribution in [0.3, 0.4) is 0 Å². The molecule has 2 aromatic rings. The maximum atomic E-state index is 12.9. The highest BCUT2D eigenvalue weighted by molar-refractivity contribution is 5.93. The van der Waals surface area contributed by atoms with Gasteiger partial charge < -0.3 is 24.2 Å². The lowest BCUT2D eigenvalue weighted by molar-refractivity contribution is -0.121. The summed E-state index contributed by atoms with van der Waals surface area (Å²) in [5.74, 6) is 1.03. The number of carbonyl (C=O) groups excluding carboxylic acids is 2. The Morgan fingerprint density at radius 1 is 1.24 bits per heavy atom. The quantitative estimate of drug-likeness (QED) is 0.580. The number of amides is 2. The molecule has 0 fully saturated rings. The Bertz CT molecular complexity index is 803. The van der Waals surface area contributed by atoms with E-state index in [0.717, 1.165) is 5.56 Å². The SMILES string of the molecule is COCCNC(=O)CCN(CC(C)C)C(=O)c1cc(-c2cccc(OC)c2)on1. The summed E-state index contributed by atoms with van der Waals surface area (Å²) in [7, 11) is 3.16. The molecule has 2 amide bonds. The Morgan fingerprint density at radius 3 is 2.72 bits per heavy atom. The number of nitrogens with one attached hydrogen (secondary N) is 1. The molecule has 1 aromatic carbocycles. The molecule has 0 spiro atoms. The van der Waals surface area contributed by atoms with E-state index in [1.54, 1.807) is 25.2 Å². The van der Waals surface area contributed by atoms with Crippen molar-refractivity contribution in [3.63, 3.8) is 0 Å². The molecule has 0 aliphatic heterocycles. The fourth-order valence-corrected chi connectivity index (χ4v) is 2.78. The van der Waals surface area contributed by atoms with Gasteiger partial charge in [-0.3, -0.25) is 9.59 Å². The number of aromatic nitrogens is 1. The van der Waals surface area contributed by atoms with E-state index in [9.17, 15) is 9.59 Å². The van der Waals surface area contributed by atoms with Crippen molar-refractivity contribution in [2.75, 3.05) is 40.5 Å². The van der Waals surface area contributed by atoms with Crippen LogP contribution in [0.5, 0.6) is 5.75 Å². The average molecular weight is 403 g/mol. The molecular weight excluding hydrogens is 374 g/mol. The van der Waals surface area contributed by atoms with Crippen LogP contribution in [0.25, 0.3) is 11.3 Å². The van der Waals surface area contributed by atoms with Gasteiger partial charge in [0.2, 0.25) is 5.91 Å². The first kappa shape index (κ1) is 22.4. The van der Waals surface area contributed by atoms with Crippen LogP contribution in [0.15, 0.2) is 34.9 Å². The second-order valence-electron chi connectivity index (χ2n) is 7.05. The van der Waals surface area contributed by atoms with E-state index in [1.807, 2.05) is 38.1 Å². The van der Waals surface area contributed by atoms with Gasteiger partial charge in [0.25, 0.3) is 5.91 Å². The van der Waals surface area contributed by atoms with E-state index in [0.29, 0.717) is 37.8 Å². The standard InChI is InChI=1S/C21H29N3O5/c1-15(2)14-24(10-8-20(25)22-9-11-27-3)21(26)18-13-19(29-23-18)16-6-5-7-17(12-16)28-4/h5-7,12-13,15H,8-11,14H2,1-4H3,(H,22,25). The van der Waals surface area contributed by atoms with E-state index in [-0.39, 0.29) is 29.8 Å². The minimum absolute atomic E-state index is 0.124. The van der Waals surface area contributed by atoms with E-state index in [2.05, 4.69) is 10.5 Å². The van der Waals surface area contributed by atoms with Crippen molar-refractivity contribution >= 4 is 11.8 Å². The van der Waals surface area contributed by atoms with Gasteiger partial charge in [0.1, 0.15) is 5.75 Å². The van der Waals surface area contributed by atoms with Crippen LogP contribution in [0.4, 0.5) is 0 Å². The summed E-state index contributed by atoms with van der Waals surface area (Å²) < 4.78 is 15.5. The first-order valence-electron chi connectivity index (χ1n) is 9.60. The van der Waals surface area contributed by atoms with Gasteiger partial charge in [-0.2, -0.15) is 0 Å². The lowest BCUT2D eigenvalue weighted by Crippen LogP contribution is -2.38. The van der Waals surface area contributed by atoms with E-state index in [4.69, 9.17) is 14.0 Å². The van der Waals surface area contributed by atoms with Crippen molar-refractivity contribution in [2.45, 2.75) is 20.3 Å². The molecule has 0 atom stereocenters. The van der Waals surface area contributed by atoms with Crippen LogP contribution in [0, 0.1) is 5.92 Å². The van der Waals surface area contributed by atoms with E-state index >= 15 is 0 Å². The van der Waals surface area contributed by atoms with Crippen molar-refractivity contribution in [1.29, 1.82) is 0 Å². The average Bonchev–Trinajstić information content (AvgIpc) is 3.21. The Morgan fingerprint density at radius 2 is 2.03 bits per heavy atom. The lowest BCUT2D eigenvalue weighted by Gasteiger charge is -2.23. The van der Waals surface area contributed by atoms with Gasteiger partial charge in [0, 0.05) is 44.8 Å². The molecule has 0 saturated heterocycles. The zero-order chi connectivity index (χ0) is 21.2. The summed E-state index contributed by atoms with van der Waals surface area (Å²) in [6, 6.07) is 8.95. The third kappa shape index (κ3) is 6.90. The predicted octanol–water partition coefficient (Wildman–Crippen LogP) is 2.60. The zero-order valence-corrected chi connectivity index (χ0v) is 17.4. The van der Waals surface area contributed by atoms with E-state index in [1.165, 1.54) is 0 Å². The van der Waals surface area contributed by atoms with Crippen LogP contribution < -0.4 is 10.1 Å². The number of benzene rings is 1. The number of ether oxygens (including phenoxy) is 2. The van der Waals surface area contributed by atoms with Crippen LogP contribution >= 0.6 is 0 Å². The monoisotopic (exact) mass is 403 g/mol. The zero-order valence-electron chi connectivity index (χ0n) is 17.4. The van der Waals surface area contributed by atoms with Crippen LogP contribution in [-0.4, -0.2) is 62.3 Å². The van der Waals surface area contributed by atoms with Crippen molar-refractivity contribution in [3.8, 4) is 17.1 Å². The largest absolute Gasteiger partial charge is 0.497 e. The molecule has 1 aromatic heterocycles. The molecule has 2 rings (SSSR count). The van der Waals surface area contributed by atoms with Crippen molar-refractivity contribution in [3.05, 3.63) is 36.0 Å². The first-order chi connectivity index (χ1) is 13.9. The number of carbonyl (C=O) groups is 2. The summed E-state index contributed by atoms with van der Waals surface area (Å²) >= 11 is 0. The van der Waals surface area contributed by atoms with Crippen molar-refractivity contribution in [2.24, 2.45) is 5.92 Å². The number of hydrogen-bond acceptors (Lipinski definition) is 6. The Labute approximate surface area is 171 Å². The number of nitrogens with zero attached hydrogens (tertiary/aromatic N) is 2. The fourth-order valence-electron chi connectivity index (χ4n) is 2.78. The van der Waals surface area contributed by atoms with Crippen LogP contribution in [0.2, 0.25) is 0 Å². The molecule has 1 heterocycles. The predicted molar refractivity (Wildman–Crippen MR) is 109 cm³/mol. The minimum Gasteiger partial charge on any atom is -0.497 e. The third-order valence-electron chi connectivity index (χ3n) is 4.19.